The minimum Gasteiger partial charge on any atom is -0.409 e. The van der Waals surface area contributed by atoms with Gasteiger partial charge in [-0.05, 0) is 25.0 Å². The number of thiophene rings is 1. The number of rotatable bonds is 4. The van der Waals surface area contributed by atoms with Gasteiger partial charge in [-0.3, -0.25) is 4.79 Å². The van der Waals surface area contributed by atoms with Gasteiger partial charge < -0.3 is 15.8 Å². The number of hydrogen-bond acceptors (Lipinski definition) is 4. The molecule has 1 aromatic heterocycles. The zero-order chi connectivity index (χ0) is 13.8. The third-order valence-corrected chi connectivity index (χ3v) is 4.49. The van der Waals surface area contributed by atoms with Crippen LogP contribution in [-0.2, 0) is 0 Å². The second-order valence-corrected chi connectivity index (χ2v) is 6.28. The summed E-state index contributed by atoms with van der Waals surface area (Å²) in [5, 5.41) is 11.6. The number of amides is 1. The van der Waals surface area contributed by atoms with Gasteiger partial charge in [0.25, 0.3) is 5.91 Å². The summed E-state index contributed by atoms with van der Waals surface area (Å²) < 4.78 is 0.582. The first-order valence-corrected chi connectivity index (χ1v) is 7.34. The summed E-state index contributed by atoms with van der Waals surface area (Å²) in [7, 11) is 0. The molecule has 1 fully saturated rings. The minimum atomic E-state index is -0.101. The van der Waals surface area contributed by atoms with Gasteiger partial charge in [0, 0.05) is 6.04 Å². The van der Waals surface area contributed by atoms with Crippen molar-refractivity contribution in [2.75, 3.05) is 6.54 Å². The fourth-order valence-electron chi connectivity index (χ4n) is 2.36. The van der Waals surface area contributed by atoms with Crippen LogP contribution in [0.4, 0.5) is 0 Å². The summed E-state index contributed by atoms with van der Waals surface area (Å²) in [6, 6.07) is 3.58. The zero-order valence-corrected chi connectivity index (χ0v) is 12.0. The Morgan fingerprint density at radius 1 is 1.53 bits per heavy atom. The molecule has 19 heavy (non-hydrogen) atoms. The SMILES string of the molecule is NC(CN(C(=O)c1ccc(Cl)s1)C1CCCC1)=NO. The molecule has 1 heterocycles. The van der Waals surface area contributed by atoms with Crippen LogP contribution in [0.25, 0.3) is 0 Å². The van der Waals surface area contributed by atoms with Crippen molar-refractivity contribution in [3.8, 4) is 0 Å². The number of nitrogens with zero attached hydrogens (tertiary/aromatic N) is 2. The van der Waals surface area contributed by atoms with Crippen LogP contribution >= 0.6 is 22.9 Å². The number of carbonyl (C=O) groups is 1. The topological polar surface area (TPSA) is 78.9 Å². The summed E-state index contributed by atoms with van der Waals surface area (Å²) in [5.41, 5.74) is 5.55. The highest BCUT2D eigenvalue weighted by Gasteiger charge is 2.28. The molecule has 104 valence electrons. The number of oxime groups is 1. The molecular formula is C12H16ClN3O2S. The first-order valence-electron chi connectivity index (χ1n) is 6.14. The van der Waals surface area contributed by atoms with Crippen molar-refractivity contribution in [2.45, 2.75) is 31.7 Å². The van der Waals surface area contributed by atoms with Gasteiger partial charge >= 0.3 is 0 Å². The maximum Gasteiger partial charge on any atom is 0.264 e. The normalized spacial score (nSPS) is 16.8. The van der Waals surface area contributed by atoms with Crippen LogP contribution in [0.15, 0.2) is 17.3 Å². The lowest BCUT2D eigenvalue weighted by Crippen LogP contribution is -2.44. The molecule has 0 spiro atoms. The molecule has 0 aliphatic heterocycles. The van der Waals surface area contributed by atoms with Crippen LogP contribution < -0.4 is 5.73 Å². The van der Waals surface area contributed by atoms with Gasteiger partial charge in [-0.1, -0.05) is 29.6 Å². The van der Waals surface area contributed by atoms with Crippen molar-refractivity contribution in [1.82, 2.24) is 4.90 Å². The fraction of sp³-hybridized carbons (Fsp3) is 0.500. The third-order valence-electron chi connectivity index (χ3n) is 3.27. The summed E-state index contributed by atoms with van der Waals surface area (Å²) in [4.78, 5) is 14.8. The van der Waals surface area contributed by atoms with E-state index in [1.54, 1.807) is 17.0 Å². The zero-order valence-electron chi connectivity index (χ0n) is 10.4. The maximum atomic E-state index is 12.5. The molecule has 0 unspecified atom stereocenters. The third kappa shape index (κ3) is 3.39. The fourth-order valence-corrected chi connectivity index (χ4v) is 3.36. The summed E-state index contributed by atoms with van der Waals surface area (Å²) in [5.74, 6) is -0.0571. The molecule has 0 bridgehead atoms. The molecule has 7 heteroatoms. The van der Waals surface area contributed by atoms with E-state index in [0.717, 1.165) is 25.7 Å². The molecule has 2 rings (SSSR count). The number of hydrogen-bond donors (Lipinski definition) is 2. The van der Waals surface area contributed by atoms with E-state index in [4.69, 9.17) is 22.5 Å². The molecular weight excluding hydrogens is 286 g/mol. The van der Waals surface area contributed by atoms with E-state index in [0.29, 0.717) is 9.21 Å². The first kappa shape index (κ1) is 14.1. The van der Waals surface area contributed by atoms with Crippen LogP contribution in [-0.4, -0.2) is 34.4 Å². The molecule has 1 aromatic rings. The quantitative estimate of drug-likeness (QED) is 0.388. The lowest BCUT2D eigenvalue weighted by atomic mass is 10.2. The first-order chi connectivity index (χ1) is 9.11. The Morgan fingerprint density at radius 2 is 2.21 bits per heavy atom. The number of carbonyl (C=O) groups excluding carboxylic acids is 1. The maximum absolute atomic E-state index is 12.5. The van der Waals surface area contributed by atoms with Gasteiger partial charge in [0.1, 0.15) is 0 Å². The van der Waals surface area contributed by atoms with Crippen molar-refractivity contribution in [2.24, 2.45) is 10.9 Å². The van der Waals surface area contributed by atoms with Crippen molar-refractivity contribution < 1.29 is 10.0 Å². The molecule has 3 N–H and O–H groups in total. The van der Waals surface area contributed by atoms with E-state index < -0.39 is 0 Å². The van der Waals surface area contributed by atoms with E-state index >= 15 is 0 Å². The molecule has 1 saturated carbocycles. The predicted octanol–water partition coefficient (Wildman–Crippen LogP) is 2.53. The van der Waals surface area contributed by atoms with Crippen molar-refractivity contribution >= 4 is 34.7 Å². The summed E-state index contributed by atoms with van der Waals surface area (Å²) in [6.07, 6.45) is 4.14. The van der Waals surface area contributed by atoms with Crippen molar-refractivity contribution in [3.05, 3.63) is 21.3 Å². The molecule has 0 atom stereocenters. The highest BCUT2D eigenvalue weighted by molar-refractivity contribution is 7.17. The largest absolute Gasteiger partial charge is 0.409 e. The number of amidine groups is 1. The Labute approximate surface area is 120 Å². The predicted molar refractivity (Wildman–Crippen MR) is 76.0 cm³/mol. The highest BCUT2D eigenvalue weighted by atomic mass is 35.5. The van der Waals surface area contributed by atoms with Crippen molar-refractivity contribution in [1.29, 1.82) is 0 Å². The Balaban J connectivity index is 2.18. The summed E-state index contributed by atoms with van der Waals surface area (Å²) in [6.45, 7) is 0.148. The summed E-state index contributed by atoms with van der Waals surface area (Å²) >= 11 is 7.11. The Bertz CT molecular complexity index is 483. The number of nitrogens with two attached hydrogens (primary N) is 1. The molecule has 1 aliphatic carbocycles. The minimum absolute atomic E-state index is 0.0444. The lowest BCUT2D eigenvalue weighted by Gasteiger charge is -2.28. The van der Waals surface area contributed by atoms with E-state index in [2.05, 4.69) is 5.16 Å². The van der Waals surface area contributed by atoms with Crippen LogP contribution in [0.1, 0.15) is 35.4 Å². The molecule has 0 saturated heterocycles. The molecule has 5 nitrogen and oxygen atoms in total. The second-order valence-electron chi connectivity index (χ2n) is 4.57. The number of halogens is 1. The Hall–Kier alpha value is -1.27. The smallest absolute Gasteiger partial charge is 0.264 e. The van der Waals surface area contributed by atoms with Gasteiger partial charge in [-0.15, -0.1) is 11.3 Å². The van der Waals surface area contributed by atoms with Gasteiger partial charge in [-0.2, -0.15) is 0 Å². The average molecular weight is 302 g/mol. The monoisotopic (exact) mass is 301 g/mol. The van der Waals surface area contributed by atoms with E-state index in [1.165, 1.54) is 11.3 Å². The Kier molecular flexibility index (Phi) is 4.66. The van der Waals surface area contributed by atoms with Crippen LogP contribution in [0.5, 0.6) is 0 Å². The van der Waals surface area contributed by atoms with Gasteiger partial charge in [0.2, 0.25) is 0 Å². The molecule has 1 amide bonds. The Morgan fingerprint density at radius 3 is 2.74 bits per heavy atom. The van der Waals surface area contributed by atoms with Gasteiger partial charge in [-0.25, -0.2) is 0 Å². The van der Waals surface area contributed by atoms with Gasteiger partial charge in [0.05, 0.1) is 15.8 Å². The standard InChI is InChI=1S/C12H16ClN3O2S/c13-10-6-5-9(19-10)12(17)16(7-11(14)15-18)8-3-1-2-4-8/h5-6,8,18H,1-4,7H2,(H2,14,15). The van der Waals surface area contributed by atoms with E-state index in [9.17, 15) is 4.79 Å². The van der Waals surface area contributed by atoms with E-state index in [1.807, 2.05) is 0 Å². The van der Waals surface area contributed by atoms with Crippen LogP contribution in [0.3, 0.4) is 0 Å². The van der Waals surface area contributed by atoms with E-state index in [-0.39, 0.29) is 24.3 Å². The van der Waals surface area contributed by atoms with Crippen molar-refractivity contribution in [3.63, 3.8) is 0 Å². The lowest BCUT2D eigenvalue weighted by molar-refractivity contribution is 0.0717. The van der Waals surface area contributed by atoms with Crippen LogP contribution in [0, 0.1) is 0 Å². The molecule has 0 radical (unpaired) electrons. The highest BCUT2D eigenvalue weighted by Crippen LogP contribution is 2.28. The molecule has 0 aromatic carbocycles. The second kappa shape index (κ2) is 6.25. The molecule has 1 aliphatic rings. The van der Waals surface area contributed by atoms with Gasteiger partial charge in [0.15, 0.2) is 5.84 Å². The van der Waals surface area contributed by atoms with Crippen LogP contribution in [0.2, 0.25) is 4.34 Å². The average Bonchev–Trinajstić information content (AvgIpc) is 3.05.